The first-order valence-corrected chi connectivity index (χ1v) is 7.19. The molecule has 2 rings (SSSR count). The van der Waals surface area contributed by atoms with Gasteiger partial charge in [-0.25, -0.2) is 9.37 Å². The molecule has 2 aromatic rings. The Kier molecular flexibility index (Phi) is 5.33. The molecule has 1 heterocycles. The van der Waals surface area contributed by atoms with Crippen LogP contribution >= 0.6 is 0 Å². The second-order valence-corrected chi connectivity index (χ2v) is 5.04. The molecule has 0 aliphatic heterocycles. The third-order valence-electron chi connectivity index (χ3n) is 3.50. The van der Waals surface area contributed by atoms with Gasteiger partial charge in [-0.05, 0) is 31.0 Å². The average Bonchev–Trinajstić information content (AvgIpc) is 2.91. The number of hydrogen-bond acceptors (Lipinski definition) is 3. The molecule has 114 valence electrons. The third-order valence-corrected chi connectivity index (χ3v) is 3.50. The summed E-state index contributed by atoms with van der Waals surface area (Å²) < 4.78 is 21.3. The van der Waals surface area contributed by atoms with E-state index in [0.29, 0.717) is 12.0 Å². The highest BCUT2D eigenvalue weighted by Gasteiger charge is 2.19. The van der Waals surface area contributed by atoms with Crippen LogP contribution in [0.5, 0.6) is 5.75 Å². The second kappa shape index (κ2) is 7.22. The number of rotatable bonds is 7. The summed E-state index contributed by atoms with van der Waals surface area (Å²) in [4.78, 5) is 4.38. The van der Waals surface area contributed by atoms with Gasteiger partial charge in [-0.1, -0.05) is 19.1 Å². The predicted octanol–water partition coefficient (Wildman–Crippen LogP) is 2.85. The van der Waals surface area contributed by atoms with Crippen LogP contribution in [-0.2, 0) is 13.5 Å². The van der Waals surface area contributed by atoms with Gasteiger partial charge in [0.05, 0.1) is 13.2 Å². The zero-order valence-corrected chi connectivity index (χ0v) is 12.8. The van der Waals surface area contributed by atoms with Gasteiger partial charge in [0.1, 0.15) is 5.82 Å². The lowest BCUT2D eigenvalue weighted by atomic mass is 10.0. The van der Waals surface area contributed by atoms with E-state index in [1.165, 1.54) is 7.11 Å². The van der Waals surface area contributed by atoms with Crippen LogP contribution < -0.4 is 10.1 Å². The maximum Gasteiger partial charge on any atom is 0.168 e. The number of halogens is 1. The van der Waals surface area contributed by atoms with E-state index in [0.717, 1.165) is 18.8 Å². The molecule has 0 amide bonds. The molecule has 0 aliphatic rings. The van der Waals surface area contributed by atoms with Crippen molar-refractivity contribution < 1.29 is 9.13 Å². The fourth-order valence-electron chi connectivity index (χ4n) is 2.38. The molecule has 1 unspecified atom stereocenters. The number of benzene rings is 1. The molecule has 5 heteroatoms. The van der Waals surface area contributed by atoms with Crippen LogP contribution in [0.4, 0.5) is 4.39 Å². The maximum absolute atomic E-state index is 14.3. The summed E-state index contributed by atoms with van der Waals surface area (Å²) in [7, 11) is 3.43. The van der Waals surface area contributed by atoms with E-state index in [9.17, 15) is 4.39 Å². The van der Waals surface area contributed by atoms with Crippen molar-refractivity contribution >= 4 is 0 Å². The quantitative estimate of drug-likeness (QED) is 0.852. The minimum atomic E-state index is -0.294. The zero-order chi connectivity index (χ0) is 15.2. The minimum absolute atomic E-state index is 0.0217. The highest BCUT2D eigenvalue weighted by Crippen LogP contribution is 2.24. The van der Waals surface area contributed by atoms with Crippen LogP contribution in [0.2, 0.25) is 0 Å². The zero-order valence-electron chi connectivity index (χ0n) is 12.8. The minimum Gasteiger partial charge on any atom is -0.494 e. The first-order valence-electron chi connectivity index (χ1n) is 7.19. The van der Waals surface area contributed by atoms with E-state index in [-0.39, 0.29) is 17.6 Å². The number of hydrogen-bond donors (Lipinski definition) is 1. The predicted molar refractivity (Wildman–Crippen MR) is 80.9 cm³/mol. The van der Waals surface area contributed by atoms with E-state index >= 15 is 0 Å². The van der Waals surface area contributed by atoms with Crippen molar-refractivity contribution in [1.29, 1.82) is 0 Å². The van der Waals surface area contributed by atoms with E-state index in [1.807, 2.05) is 23.9 Å². The van der Waals surface area contributed by atoms with Crippen LogP contribution in [0.15, 0.2) is 30.6 Å². The standard InChI is InChI=1S/C16H22FN3O/c1-4-8-18-13(16-19-9-10-20(16)2)11-12-6-5-7-14(21-3)15(12)17/h5-7,9-10,13,18H,4,8,11H2,1-3H3. The fraction of sp³-hybridized carbons (Fsp3) is 0.438. The van der Waals surface area contributed by atoms with Crippen LogP contribution in [0.1, 0.15) is 30.8 Å². The Labute approximate surface area is 125 Å². The third kappa shape index (κ3) is 3.61. The van der Waals surface area contributed by atoms with Gasteiger partial charge in [-0.3, -0.25) is 0 Å². The number of aromatic nitrogens is 2. The lowest BCUT2D eigenvalue weighted by molar-refractivity contribution is 0.381. The summed E-state index contributed by atoms with van der Waals surface area (Å²) in [5.41, 5.74) is 0.631. The van der Waals surface area contributed by atoms with Crippen molar-refractivity contribution in [3.63, 3.8) is 0 Å². The summed E-state index contributed by atoms with van der Waals surface area (Å²) in [6.45, 7) is 2.97. The van der Waals surface area contributed by atoms with Gasteiger partial charge in [-0.2, -0.15) is 0 Å². The molecule has 0 bridgehead atoms. The van der Waals surface area contributed by atoms with Crippen LogP contribution in [0, 0.1) is 5.82 Å². The number of nitrogens with one attached hydrogen (secondary N) is 1. The maximum atomic E-state index is 14.3. The molecule has 1 aromatic carbocycles. The Morgan fingerprint density at radius 1 is 1.43 bits per heavy atom. The Bertz CT molecular complexity index is 583. The summed E-state index contributed by atoms with van der Waals surface area (Å²) in [5, 5.41) is 3.44. The molecule has 0 saturated carbocycles. The summed E-state index contributed by atoms with van der Waals surface area (Å²) in [5.74, 6) is 0.893. The molecule has 0 aliphatic carbocycles. The summed E-state index contributed by atoms with van der Waals surface area (Å²) in [6, 6.07) is 5.22. The van der Waals surface area contributed by atoms with Gasteiger partial charge in [0.15, 0.2) is 11.6 Å². The van der Waals surface area contributed by atoms with Gasteiger partial charge in [-0.15, -0.1) is 0 Å². The molecule has 0 radical (unpaired) electrons. The molecular formula is C16H22FN3O. The molecule has 0 saturated heterocycles. The van der Waals surface area contributed by atoms with Gasteiger partial charge < -0.3 is 14.6 Å². The normalized spacial score (nSPS) is 12.4. The topological polar surface area (TPSA) is 39.1 Å². The first kappa shape index (κ1) is 15.5. The molecule has 21 heavy (non-hydrogen) atoms. The van der Waals surface area contributed by atoms with E-state index < -0.39 is 0 Å². The van der Waals surface area contributed by atoms with Crippen molar-refractivity contribution in [3.8, 4) is 5.75 Å². The molecule has 1 N–H and O–H groups in total. The first-order chi connectivity index (χ1) is 10.2. The SMILES string of the molecule is CCCNC(Cc1cccc(OC)c1F)c1nccn1C. The highest BCUT2D eigenvalue weighted by atomic mass is 19.1. The molecule has 4 nitrogen and oxygen atoms in total. The van der Waals surface area contributed by atoms with Crippen LogP contribution in [0.3, 0.4) is 0 Å². The van der Waals surface area contributed by atoms with Gasteiger partial charge >= 0.3 is 0 Å². The van der Waals surface area contributed by atoms with E-state index in [2.05, 4.69) is 17.2 Å². The fourth-order valence-corrected chi connectivity index (χ4v) is 2.38. The largest absolute Gasteiger partial charge is 0.494 e. The molecular weight excluding hydrogens is 269 g/mol. The number of imidazole rings is 1. The van der Waals surface area contributed by atoms with Crippen molar-refractivity contribution in [2.24, 2.45) is 7.05 Å². The molecule has 0 fully saturated rings. The Morgan fingerprint density at radius 2 is 2.24 bits per heavy atom. The Balaban J connectivity index is 2.25. The lowest BCUT2D eigenvalue weighted by Crippen LogP contribution is -2.27. The Hall–Kier alpha value is -1.88. The highest BCUT2D eigenvalue weighted by molar-refractivity contribution is 5.32. The van der Waals surface area contributed by atoms with Crippen molar-refractivity contribution in [2.75, 3.05) is 13.7 Å². The van der Waals surface area contributed by atoms with Gasteiger partial charge in [0, 0.05) is 19.4 Å². The second-order valence-electron chi connectivity index (χ2n) is 5.04. The van der Waals surface area contributed by atoms with Crippen molar-refractivity contribution in [2.45, 2.75) is 25.8 Å². The number of aryl methyl sites for hydroxylation is 1. The smallest absolute Gasteiger partial charge is 0.168 e. The Morgan fingerprint density at radius 3 is 2.86 bits per heavy atom. The monoisotopic (exact) mass is 291 g/mol. The van der Waals surface area contributed by atoms with Crippen molar-refractivity contribution in [1.82, 2.24) is 14.9 Å². The van der Waals surface area contributed by atoms with Gasteiger partial charge in [0.25, 0.3) is 0 Å². The molecule has 1 atom stereocenters. The molecule has 0 spiro atoms. The van der Waals surface area contributed by atoms with Gasteiger partial charge in [0.2, 0.25) is 0 Å². The van der Waals surface area contributed by atoms with E-state index in [4.69, 9.17) is 4.74 Å². The number of ether oxygens (including phenoxy) is 1. The van der Waals surface area contributed by atoms with Crippen molar-refractivity contribution in [3.05, 3.63) is 47.8 Å². The molecule has 1 aromatic heterocycles. The van der Waals surface area contributed by atoms with E-state index in [1.54, 1.807) is 18.3 Å². The number of nitrogens with zero attached hydrogens (tertiary/aromatic N) is 2. The van der Waals surface area contributed by atoms with Crippen LogP contribution in [-0.4, -0.2) is 23.2 Å². The lowest BCUT2D eigenvalue weighted by Gasteiger charge is -2.19. The average molecular weight is 291 g/mol. The number of methoxy groups -OCH3 is 1. The summed E-state index contributed by atoms with van der Waals surface area (Å²) in [6.07, 6.45) is 5.21. The van der Waals surface area contributed by atoms with Crippen LogP contribution in [0.25, 0.3) is 0 Å². The summed E-state index contributed by atoms with van der Waals surface area (Å²) >= 11 is 0.